The van der Waals surface area contributed by atoms with Crippen molar-refractivity contribution in [3.05, 3.63) is 16.4 Å². The van der Waals surface area contributed by atoms with Crippen LogP contribution in [0, 0.1) is 12.3 Å². The van der Waals surface area contributed by atoms with Crippen molar-refractivity contribution in [3.63, 3.8) is 0 Å². The number of amides is 1. The number of aliphatic hydroxyl groups excluding tert-OH is 1. The molecule has 0 radical (unpaired) electrons. The van der Waals surface area contributed by atoms with Gasteiger partial charge in [-0.2, -0.15) is 5.10 Å². The second-order valence-corrected chi connectivity index (χ2v) is 7.01. The molecule has 3 heterocycles. The number of likely N-dealkylation sites (N-methyl/N-ethyl adjacent to an activating group) is 1. The van der Waals surface area contributed by atoms with E-state index in [0.29, 0.717) is 29.5 Å². The Morgan fingerprint density at radius 2 is 2.27 bits per heavy atom. The maximum atomic E-state index is 12.7. The van der Waals surface area contributed by atoms with Gasteiger partial charge in [-0.1, -0.05) is 11.6 Å². The highest BCUT2D eigenvalue weighted by Gasteiger charge is 2.47. The third-order valence-electron chi connectivity index (χ3n) is 5.37. The predicted octanol–water partition coefficient (Wildman–Crippen LogP) is 1.29. The molecule has 2 fully saturated rings. The number of carbonyl (C=O) groups is 1. The molecule has 0 unspecified atom stereocenters. The van der Waals surface area contributed by atoms with Crippen LogP contribution in [0.3, 0.4) is 0 Å². The van der Waals surface area contributed by atoms with Gasteiger partial charge in [-0.05, 0) is 39.8 Å². The number of halogens is 1. The van der Waals surface area contributed by atoms with Crippen molar-refractivity contribution in [1.82, 2.24) is 20.0 Å². The lowest BCUT2D eigenvalue weighted by Crippen LogP contribution is -2.62. The second-order valence-electron chi connectivity index (χ2n) is 6.63. The van der Waals surface area contributed by atoms with Crippen LogP contribution in [-0.4, -0.2) is 70.3 Å². The monoisotopic (exact) mass is 326 g/mol. The molecule has 6 nitrogen and oxygen atoms in total. The van der Waals surface area contributed by atoms with Gasteiger partial charge in [0.1, 0.15) is 0 Å². The first-order valence-electron chi connectivity index (χ1n) is 7.79. The smallest absolute Gasteiger partial charge is 0.275 e. The standard InChI is InChI=1S/C15H23ClN4O2/c1-10-12(16)13(18-17-10)14(22)20-7-5-15(9-21)4-3-6-19(2)11(15)8-20/h11,21H,3-9H2,1-2H3,(H,17,18)/t11-,15-/m1/s1. The highest BCUT2D eigenvalue weighted by Crippen LogP contribution is 2.41. The van der Waals surface area contributed by atoms with Crippen LogP contribution < -0.4 is 0 Å². The zero-order valence-corrected chi connectivity index (χ0v) is 13.9. The highest BCUT2D eigenvalue weighted by molar-refractivity contribution is 6.34. The highest BCUT2D eigenvalue weighted by atomic mass is 35.5. The quantitative estimate of drug-likeness (QED) is 0.859. The van der Waals surface area contributed by atoms with Crippen molar-refractivity contribution in [1.29, 1.82) is 0 Å². The molecule has 0 aromatic carbocycles. The number of aryl methyl sites for hydroxylation is 1. The lowest BCUT2D eigenvalue weighted by atomic mass is 9.69. The van der Waals surface area contributed by atoms with Gasteiger partial charge in [0.2, 0.25) is 0 Å². The summed E-state index contributed by atoms with van der Waals surface area (Å²) in [6.45, 7) is 4.27. The summed E-state index contributed by atoms with van der Waals surface area (Å²) in [4.78, 5) is 16.8. The van der Waals surface area contributed by atoms with E-state index in [9.17, 15) is 9.90 Å². The Labute approximate surface area is 135 Å². The predicted molar refractivity (Wildman–Crippen MR) is 84.0 cm³/mol. The van der Waals surface area contributed by atoms with Crippen molar-refractivity contribution >= 4 is 17.5 Å². The van der Waals surface area contributed by atoms with E-state index in [1.54, 1.807) is 6.92 Å². The topological polar surface area (TPSA) is 72.5 Å². The molecule has 0 aliphatic carbocycles. The molecule has 1 amide bonds. The number of H-pyrrole nitrogens is 1. The van der Waals surface area contributed by atoms with E-state index < -0.39 is 0 Å². The molecule has 0 bridgehead atoms. The molecular weight excluding hydrogens is 304 g/mol. The lowest BCUT2D eigenvalue weighted by Gasteiger charge is -2.53. The number of rotatable bonds is 2. The molecule has 122 valence electrons. The molecule has 2 atom stereocenters. The lowest BCUT2D eigenvalue weighted by molar-refractivity contribution is -0.0602. The number of carbonyl (C=O) groups excluding carboxylic acids is 1. The van der Waals surface area contributed by atoms with Crippen LogP contribution in [0.15, 0.2) is 0 Å². The molecule has 22 heavy (non-hydrogen) atoms. The van der Waals surface area contributed by atoms with Crippen molar-refractivity contribution in [2.75, 3.05) is 33.3 Å². The van der Waals surface area contributed by atoms with Gasteiger partial charge in [-0.25, -0.2) is 0 Å². The zero-order valence-electron chi connectivity index (χ0n) is 13.1. The number of nitrogens with zero attached hydrogens (tertiary/aromatic N) is 3. The van der Waals surface area contributed by atoms with E-state index in [2.05, 4.69) is 22.1 Å². The Morgan fingerprint density at radius 1 is 1.50 bits per heavy atom. The number of fused-ring (bicyclic) bond motifs is 1. The summed E-state index contributed by atoms with van der Waals surface area (Å²) in [7, 11) is 2.08. The van der Waals surface area contributed by atoms with Gasteiger partial charge >= 0.3 is 0 Å². The Bertz CT molecular complexity index is 576. The summed E-state index contributed by atoms with van der Waals surface area (Å²) >= 11 is 6.15. The summed E-state index contributed by atoms with van der Waals surface area (Å²) in [5, 5.41) is 17.1. The number of hydrogen-bond donors (Lipinski definition) is 2. The van der Waals surface area contributed by atoms with Gasteiger partial charge in [0, 0.05) is 24.5 Å². The van der Waals surface area contributed by atoms with Crippen molar-refractivity contribution in [2.24, 2.45) is 5.41 Å². The van der Waals surface area contributed by atoms with Crippen LogP contribution in [0.5, 0.6) is 0 Å². The zero-order chi connectivity index (χ0) is 15.9. The van der Waals surface area contributed by atoms with Crippen LogP contribution >= 0.6 is 11.6 Å². The third-order valence-corrected chi connectivity index (χ3v) is 5.84. The third kappa shape index (κ3) is 2.43. The minimum absolute atomic E-state index is 0.0743. The maximum absolute atomic E-state index is 12.7. The van der Waals surface area contributed by atoms with Crippen LogP contribution in [0.2, 0.25) is 5.02 Å². The van der Waals surface area contributed by atoms with Crippen molar-refractivity contribution in [2.45, 2.75) is 32.2 Å². The maximum Gasteiger partial charge on any atom is 0.275 e. The van der Waals surface area contributed by atoms with Crippen molar-refractivity contribution in [3.8, 4) is 0 Å². The minimum atomic E-state index is -0.125. The average Bonchev–Trinajstić information content (AvgIpc) is 2.86. The Hall–Kier alpha value is -1.11. The summed E-state index contributed by atoms with van der Waals surface area (Å²) in [6, 6.07) is 0.197. The molecule has 2 saturated heterocycles. The molecule has 2 N–H and O–H groups in total. The summed E-state index contributed by atoms with van der Waals surface area (Å²) in [5.74, 6) is -0.125. The summed E-state index contributed by atoms with van der Waals surface area (Å²) in [5.41, 5.74) is 0.936. The van der Waals surface area contributed by atoms with Gasteiger partial charge in [-0.15, -0.1) is 0 Å². The van der Waals surface area contributed by atoms with E-state index in [4.69, 9.17) is 11.6 Å². The molecule has 0 saturated carbocycles. The van der Waals surface area contributed by atoms with E-state index in [-0.39, 0.29) is 24.0 Å². The van der Waals surface area contributed by atoms with Gasteiger partial charge in [0.05, 0.1) is 17.3 Å². The van der Waals surface area contributed by atoms with E-state index in [0.717, 1.165) is 25.8 Å². The number of likely N-dealkylation sites (tertiary alicyclic amines) is 2. The van der Waals surface area contributed by atoms with Gasteiger partial charge in [-0.3, -0.25) is 9.89 Å². The molecule has 7 heteroatoms. The molecular formula is C15H23ClN4O2. The van der Waals surface area contributed by atoms with E-state index in [1.807, 2.05) is 4.90 Å². The number of nitrogens with one attached hydrogen (secondary N) is 1. The van der Waals surface area contributed by atoms with Crippen molar-refractivity contribution < 1.29 is 9.90 Å². The fourth-order valence-corrected chi connectivity index (χ4v) is 4.07. The first-order chi connectivity index (χ1) is 10.5. The Morgan fingerprint density at radius 3 is 2.91 bits per heavy atom. The molecule has 1 aromatic rings. The van der Waals surface area contributed by atoms with Gasteiger partial charge in [0.15, 0.2) is 5.69 Å². The first kappa shape index (κ1) is 15.8. The van der Waals surface area contributed by atoms with Crippen LogP contribution in [0.25, 0.3) is 0 Å². The van der Waals surface area contributed by atoms with E-state index >= 15 is 0 Å². The number of piperidine rings is 2. The number of aromatic amines is 1. The number of aromatic nitrogens is 2. The van der Waals surface area contributed by atoms with Crippen LogP contribution in [-0.2, 0) is 0 Å². The second kappa shape index (κ2) is 5.83. The molecule has 3 rings (SSSR count). The first-order valence-corrected chi connectivity index (χ1v) is 8.17. The minimum Gasteiger partial charge on any atom is -0.396 e. The number of hydrogen-bond acceptors (Lipinski definition) is 4. The molecule has 1 aromatic heterocycles. The SMILES string of the molecule is Cc1[nH]nc(C(=O)N2CC[C@@]3(CO)CCCN(C)[C@@H]3C2)c1Cl. The average molecular weight is 327 g/mol. The fraction of sp³-hybridized carbons (Fsp3) is 0.733. The largest absolute Gasteiger partial charge is 0.396 e. The molecule has 2 aliphatic rings. The number of aliphatic hydroxyl groups is 1. The fourth-order valence-electron chi connectivity index (χ4n) is 3.91. The summed E-state index contributed by atoms with van der Waals surface area (Å²) < 4.78 is 0. The van der Waals surface area contributed by atoms with Crippen LogP contribution in [0.4, 0.5) is 0 Å². The molecule has 2 aliphatic heterocycles. The summed E-state index contributed by atoms with van der Waals surface area (Å²) in [6.07, 6.45) is 2.96. The van der Waals surface area contributed by atoms with E-state index in [1.165, 1.54) is 0 Å². The van der Waals surface area contributed by atoms with Gasteiger partial charge < -0.3 is 14.9 Å². The molecule has 0 spiro atoms. The Balaban J connectivity index is 1.81. The normalized spacial score (nSPS) is 29.5. The Kier molecular flexibility index (Phi) is 4.18. The van der Waals surface area contributed by atoms with Gasteiger partial charge in [0.25, 0.3) is 5.91 Å². The van der Waals surface area contributed by atoms with Crippen LogP contribution in [0.1, 0.15) is 35.4 Å².